The minimum absolute atomic E-state index is 0.130. The third-order valence-corrected chi connectivity index (χ3v) is 7.53. The minimum atomic E-state index is -0.521. The van der Waals surface area contributed by atoms with Crippen molar-refractivity contribution >= 4 is 23.3 Å². The zero-order valence-corrected chi connectivity index (χ0v) is 20.2. The zero-order chi connectivity index (χ0) is 23.7. The molecule has 2 aromatic rings. The molecule has 1 aromatic carbocycles. The number of aliphatic hydroxyl groups excluding tert-OH is 1. The molecule has 5 rings (SSSR count). The second kappa shape index (κ2) is 10.2. The van der Waals surface area contributed by atoms with Crippen LogP contribution in [0.3, 0.4) is 0 Å². The van der Waals surface area contributed by atoms with Crippen LogP contribution in [-0.4, -0.2) is 77.9 Å². The quantitative estimate of drug-likeness (QED) is 0.649. The molecule has 0 saturated carbocycles. The Kier molecular flexibility index (Phi) is 7.01. The fourth-order valence-corrected chi connectivity index (χ4v) is 5.46. The lowest BCUT2D eigenvalue weighted by Crippen LogP contribution is -2.51. The van der Waals surface area contributed by atoms with Gasteiger partial charge in [-0.3, -0.25) is 4.79 Å². The zero-order valence-electron chi connectivity index (χ0n) is 19.5. The number of aromatic nitrogens is 2. The maximum absolute atomic E-state index is 13.7. The van der Waals surface area contributed by atoms with Crippen LogP contribution in [0.25, 0.3) is 0 Å². The molecule has 8 nitrogen and oxygen atoms in total. The summed E-state index contributed by atoms with van der Waals surface area (Å²) in [5.74, 6) is 0.979. The summed E-state index contributed by atoms with van der Waals surface area (Å²) in [6.45, 7) is 6.81. The number of benzene rings is 1. The van der Waals surface area contributed by atoms with E-state index in [2.05, 4.69) is 27.1 Å². The average molecular weight is 486 g/mol. The molecule has 0 radical (unpaired) electrons. The van der Waals surface area contributed by atoms with E-state index >= 15 is 0 Å². The summed E-state index contributed by atoms with van der Waals surface area (Å²) in [4.78, 5) is 26.7. The number of carbonyl (C=O) groups is 1. The number of ether oxygens (including phenoxy) is 1. The highest BCUT2D eigenvalue weighted by Crippen LogP contribution is 2.42. The van der Waals surface area contributed by atoms with E-state index in [-0.39, 0.29) is 23.8 Å². The van der Waals surface area contributed by atoms with E-state index in [1.54, 1.807) is 6.33 Å². The number of nitrogens with one attached hydrogen (secondary N) is 1. The smallest absolute Gasteiger partial charge is 0.231 e. The first-order valence-corrected chi connectivity index (χ1v) is 12.5. The predicted octanol–water partition coefficient (Wildman–Crippen LogP) is 2.48. The fraction of sp³-hybridized carbons (Fsp3) is 0.560. The van der Waals surface area contributed by atoms with Crippen molar-refractivity contribution in [2.24, 2.45) is 0 Å². The number of piperazine rings is 1. The number of halogens is 1. The Morgan fingerprint density at radius 3 is 2.71 bits per heavy atom. The first-order chi connectivity index (χ1) is 16.5. The highest BCUT2D eigenvalue weighted by molar-refractivity contribution is 6.30. The number of carbonyl (C=O) groups excluding carboxylic acids is 1. The summed E-state index contributed by atoms with van der Waals surface area (Å²) in [6.07, 6.45) is 2.67. The third-order valence-electron chi connectivity index (χ3n) is 7.28. The molecule has 2 unspecified atom stereocenters. The number of hydrogen-bond donors (Lipinski definition) is 2. The molecule has 34 heavy (non-hydrogen) atoms. The van der Waals surface area contributed by atoms with E-state index in [1.165, 1.54) is 0 Å². The number of nitrogens with zero attached hydrogens (tertiary/aromatic N) is 4. The second-order valence-electron chi connectivity index (χ2n) is 9.53. The van der Waals surface area contributed by atoms with Gasteiger partial charge >= 0.3 is 0 Å². The molecule has 4 atom stereocenters. The molecule has 3 heterocycles. The Balaban J connectivity index is 1.28. The summed E-state index contributed by atoms with van der Waals surface area (Å²) in [5.41, 5.74) is 2.78. The molecule has 1 aliphatic carbocycles. The Morgan fingerprint density at radius 2 is 2.00 bits per heavy atom. The number of rotatable bonds is 6. The van der Waals surface area contributed by atoms with Gasteiger partial charge < -0.3 is 25.0 Å². The second-order valence-corrected chi connectivity index (χ2v) is 9.97. The van der Waals surface area contributed by atoms with Crippen molar-refractivity contribution in [3.8, 4) is 0 Å². The van der Waals surface area contributed by atoms with Crippen LogP contribution in [0, 0.1) is 0 Å². The van der Waals surface area contributed by atoms with Crippen molar-refractivity contribution in [2.75, 3.05) is 50.8 Å². The van der Waals surface area contributed by atoms with Gasteiger partial charge in [-0.25, -0.2) is 9.97 Å². The van der Waals surface area contributed by atoms with Crippen LogP contribution in [0.4, 0.5) is 5.82 Å². The summed E-state index contributed by atoms with van der Waals surface area (Å²) < 4.78 is 5.48. The Bertz CT molecular complexity index is 1010. The molecule has 3 aliphatic rings. The molecular formula is C25H32ClN5O3. The van der Waals surface area contributed by atoms with E-state index in [4.69, 9.17) is 16.3 Å². The Hall–Kier alpha value is -2.26. The SMILES string of the molecule is CC1C[C@@H](O)c2ncnc(N3CCN(C(=O)[C@H](CNC4CCOC4)c4ccc(Cl)cc4)CC3)c21. The minimum Gasteiger partial charge on any atom is -0.387 e. The largest absolute Gasteiger partial charge is 0.387 e. The number of anilines is 1. The van der Waals surface area contributed by atoms with Crippen LogP contribution in [0.2, 0.25) is 5.02 Å². The van der Waals surface area contributed by atoms with Gasteiger partial charge in [-0.05, 0) is 36.5 Å². The highest BCUT2D eigenvalue weighted by Gasteiger charge is 2.35. The molecule has 1 aromatic heterocycles. The van der Waals surface area contributed by atoms with Crippen molar-refractivity contribution in [3.63, 3.8) is 0 Å². The van der Waals surface area contributed by atoms with Gasteiger partial charge in [-0.2, -0.15) is 0 Å². The molecule has 2 fully saturated rings. The first-order valence-electron chi connectivity index (χ1n) is 12.1. The molecule has 2 saturated heterocycles. The van der Waals surface area contributed by atoms with Crippen LogP contribution in [0.1, 0.15) is 54.5 Å². The fourth-order valence-electron chi connectivity index (χ4n) is 5.34. The van der Waals surface area contributed by atoms with Crippen LogP contribution in [0.15, 0.2) is 30.6 Å². The third kappa shape index (κ3) is 4.77. The lowest BCUT2D eigenvalue weighted by Gasteiger charge is -2.38. The van der Waals surface area contributed by atoms with Crippen LogP contribution >= 0.6 is 11.6 Å². The van der Waals surface area contributed by atoms with Crippen LogP contribution in [0.5, 0.6) is 0 Å². The molecule has 2 N–H and O–H groups in total. The molecule has 182 valence electrons. The van der Waals surface area contributed by atoms with Crippen LogP contribution in [-0.2, 0) is 9.53 Å². The monoisotopic (exact) mass is 485 g/mol. The van der Waals surface area contributed by atoms with Gasteiger partial charge in [0.2, 0.25) is 5.91 Å². The summed E-state index contributed by atoms with van der Waals surface area (Å²) in [7, 11) is 0. The van der Waals surface area contributed by atoms with Gasteiger partial charge in [0, 0.05) is 56.0 Å². The predicted molar refractivity (Wildman–Crippen MR) is 130 cm³/mol. The van der Waals surface area contributed by atoms with Crippen molar-refractivity contribution in [2.45, 2.75) is 43.7 Å². The first kappa shape index (κ1) is 23.5. The van der Waals surface area contributed by atoms with Crippen molar-refractivity contribution in [1.82, 2.24) is 20.2 Å². The van der Waals surface area contributed by atoms with Gasteiger partial charge in [-0.15, -0.1) is 0 Å². The van der Waals surface area contributed by atoms with E-state index in [1.807, 2.05) is 29.2 Å². The highest BCUT2D eigenvalue weighted by atomic mass is 35.5. The van der Waals surface area contributed by atoms with Gasteiger partial charge in [-0.1, -0.05) is 30.7 Å². The number of aliphatic hydroxyl groups is 1. The number of amides is 1. The topological polar surface area (TPSA) is 90.8 Å². The standard InChI is InChI=1S/C25H32ClN5O3/c1-16-12-21(32)23-22(16)24(29-15-28-23)30-7-9-31(10-8-30)25(33)20(13-27-19-6-11-34-14-19)17-2-4-18(26)5-3-17/h2-5,15-16,19-21,27,32H,6-14H2,1H3/t16?,19?,20-,21-/m1/s1. The Morgan fingerprint density at radius 1 is 1.24 bits per heavy atom. The summed E-state index contributed by atoms with van der Waals surface area (Å²) in [6, 6.07) is 7.88. The van der Waals surface area contributed by atoms with E-state index in [0.29, 0.717) is 50.8 Å². The molecule has 2 aliphatic heterocycles. The van der Waals surface area contributed by atoms with Crippen LogP contribution < -0.4 is 10.2 Å². The van der Waals surface area contributed by atoms with Gasteiger partial charge in [0.1, 0.15) is 12.1 Å². The molecule has 1 amide bonds. The van der Waals surface area contributed by atoms with E-state index in [9.17, 15) is 9.90 Å². The number of hydrogen-bond acceptors (Lipinski definition) is 7. The molecule has 9 heteroatoms. The number of fused-ring (bicyclic) bond motifs is 1. The van der Waals surface area contributed by atoms with Gasteiger partial charge in [0.15, 0.2) is 0 Å². The lowest BCUT2D eigenvalue weighted by atomic mass is 9.96. The van der Waals surface area contributed by atoms with Gasteiger partial charge in [0.25, 0.3) is 0 Å². The maximum atomic E-state index is 13.7. The van der Waals surface area contributed by atoms with Crippen molar-refractivity contribution in [3.05, 3.63) is 52.4 Å². The normalized spacial score (nSPS) is 25.4. The summed E-state index contributed by atoms with van der Waals surface area (Å²) in [5, 5.41) is 14.5. The average Bonchev–Trinajstić information content (AvgIpc) is 3.48. The van der Waals surface area contributed by atoms with Crippen molar-refractivity contribution < 1.29 is 14.6 Å². The molecule has 0 bridgehead atoms. The van der Waals surface area contributed by atoms with E-state index < -0.39 is 6.10 Å². The summed E-state index contributed by atoms with van der Waals surface area (Å²) >= 11 is 6.10. The molecular weight excluding hydrogens is 454 g/mol. The maximum Gasteiger partial charge on any atom is 0.231 e. The van der Waals surface area contributed by atoms with E-state index in [0.717, 1.165) is 35.7 Å². The van der Waals surface area contributed by atoms with Gasteiger partial charge in [0.05, 0.1) is 24.3 Å². The Labute approximate surface area is 205 Å². The van der Waals surface area contributed by atoms with Crippen molar-refractivity contribution in [1.29, 1.82) is 0 Å². The lowest BCUT2D eigenvalue weighted by molar-refractivity contribution is -0.133. The molecule has 0 spiro atoms.